The minimum atomic E-state index is -2.28. The zero-order valence-corrected chi connectivity index (χ0v) is 10.2. The van der Waals surface area contributed by atoms with Crippen LogP contribution in [0.25, 0.3) is 0 Å². The zero-order chi connectivity index (χ0) is 14.1. The number of carboxylic acids is 1. The van der Waals surface area contributed by atoms with E-state index in [0.29, 0.717) is 11.8 Å². The molecule has 9 heteroatoms. The maximum atomic E-state index is 10.9. The summed E-state index contributed by atoms with van der Waals surface area (Å²) >= 11 is 0.455. The van der Waals surface area contributed by atoms with Gasteiger partial charge in [0.25, 0.3) is 0 Å². The van der Waals surface area contributed by atoms with Gasteiger partial charge < -0.3 is 36.4 Å². The molecule has 1 fully saturated rings. The van der Waals surface area contributed by atoms with E-state index in [9.17, 15) is 25.2 Å². The lowest BCUT2D eigenvalue weighted by Gasteiger charge is -2.42. The van der Waals surface area contributed by atoms with Gasteiger partial charge in [0.2, 0.25) is 4.93 Å². The Balaban J connectivity index is 2.92. The molecule has 1 aliphatic rings. The molecule has 106 valence electrons. The van der Waals surface area contributed by atoms with Gasteiger partial charge in [-0.3, -0.25) is 0 Å². The molecule has 0 aromatic rings. The Labute approximate surface area is 107 Å². The van der Waals surface area contributed by atoms with Crippen LogP contribution in [0.15, 0.2) is 0 Å². The summed E-state index contributed by atoms with van der Waals surface area (Å²) in [6.45, 7) is -0.744. The van der Waals surface area contributed by atoms with E-state index in [4.69, 9.17) is 15.9 Å². The average molecular weight is 283 g/mol. The Bertz CT molecular complexity index is 317. The topological polar surface area (TPSA) is 164 Å². The third-order valence-electron chi connectivity index (χ3n) is 2.89. The van der Waals surface area contributed by atoms with Crippen LogP contribution in [0.4, 0.5) is 0 Å². The Kier molecular flexibility index (Phi) is 4.95. The summed E-state index contributed by atoms with van der Waals surface area (Å²) in [6.07, 6.45) is -4.90. The second kappa shape index (κ2) is 5.70. The number of hydrogen-bond donors (Lipinski definition) is 7. The second-order valence-electron chi connectivity index (χ2n) is 4.26. The molecule has 1 saturated heterocycles. The quantitative estimate of drug-likeness (QED) is 0.279. The molecule has 8 N–H and O–H groups in total. The SMILES string of the molecule is N[C@H]1[C@H]([C@H](O)[C@H](O)CO)SC(O)(C(=O)O)C[C@@H]1O. The monoisotopic (exact) mass is 283 g/mol. The van der Waals surface area contributed by atoms with E-state index >= 15 is 0 Å². The van der Waals surface area contributed by atoms with Crippen LogP contribution in [0.5, 0.6) is 0 Å². The van der Waals surface area contributed by atoms with Crippen molar-refractivity contribution in [1.82, 2.24) is 0 Å². The van der Waals surface area contributed by atoms with Crippen molar-refractivity contribution in [3.63, 3.8) is 0 Å². The predicted octanol–water partition coefficient (Wildman–Crippen LogP) is -3.33. The molecule has 0 spiro atoms. The minimum Gasteiger partial charge on any atom is -0.478 e. The summed E-state index contributed by atoms with van der Waals surface area (Å²) < 4.78 is 0. The molecule has 1 heterocycles. The lowest BCUT2D eigenvalue weighted by Crippen LogP contribution is -2.60. The van der Waals surface area contributed by atoms with E-state index in [-0.39, 0.29) is 0 Å². The second-order valence-corrected chi connectivity index (χ2v) is 5.72. The van der Waals surface area contributed by atoms with Crippen LogP contribution in [0.3, 0.4) is 0 Å². The van der Waals surface area contributed by atoms with Gasteiger partial charge in [0.15, 0.2) is 0 Å². The van der Waals surface area contributed by atoms with Gasteiger partial charge in [0, 0.05) is 12.5 Å². The molecular weight excluding hydrogens is 266 g/mol. The number of rotatable bonds is 4. The first-order valence-corrected chi connectivity index (χ1v) is 6.15. The number of aliphatic hydroxyl groups is 5. The molecule has 0 saturated carbocycles. The standard InChI is InChI=1S/C9H17NO7S/c10-5-3(12)1-9(17,8(15)16)18-7(5)6(14)4(13)2-11/h3-7,11-14,17H,1-2,10H2,(H,15,16)/t3-,4+,5+,6+,7+,9?/m0/s1. The molecule has 0 aromatic carbocycles. The Morgan fingerprint density at radius 2 is 2.06 bits per heavy atom. The van der Waals surface area contributed by atoms with Gasteiger partial charge in [-0.25, -0.2) is 4.79 Å². The summed E-state index contributed by atoms with van der Waals surface area (Å²) in [5.41, 5.74) is 5.61. The van der Waals surface area contributed by atoms with Crippen molar-refractivity contribution < 1.29 is 35.4 Å². The van der Waals surface area contributed by atoms with Crippen LogP contribution in [0.1, 0.15) is 6.42 Å². The maximum absolute atomic E-state index is 10.9. The Hall–Kier alpha value is -0.420. The Morgan fingerprint density at radius 3 is 2.50 bits per heavy atom. The number of hydrogen-bond acceptors (Lipinski definition) is 8. The molecule has 1 aliphatic heterocycles. The van der Waals surface area contributed by atoms with Crippen LogP contribution in [-0.2, 0) is 4.79 Å². The lowest BCUT2D eigenvalue weighted by molar-refractivity contribution is -0.152. The molecule has 0 aliphatic carbocycles. The largest absolute Gasteiger partial charge is 0.478 e. The van der Waals surface area contributed by atoms with Crippen molar-refractivity contribution in [2.24, 2.45) is 5.73 Å². The van der Waals surface area contributed by atoms with Gasteiger partial charge in [0.1, 0.15) is 6.10 Å². The smallest absolute Gasteiger partial charge is 0.346 e. The van der Waals surface area contributed by atoms with E-state index in [2.05, 4.69) is 0 Å². The number of nitrogens with two attached hydrogens (primary N) is 1. The normalized spacial score (nSPS) is 40.2. The average Bonchev–Trinajstić information content (AvgIpc) is 2.31. The highest BCUT2D eigenvalue weighted by molar-refractivity contribution is 8.01. The molecule has 18 heavy (non-hydrogen) atoms. The molecule has 0 radical (unpaired) electrons. The molecule has 6 atom stereocenters. The van der Waals surface area contributed by atoms with E-state index in [0.717, 1.165) is 0 Å². The summed E-state index contributed by atoms with van der Waals surface area (Å²) in [5.74, 6) is -1.56. The van der Waals surface area contributed by atoms with Crippen molar-refractivity contribution >= 4 is 17.7 Å². The molecule has 1 unspecified atom stereocenters. The van der Waals surface area contributed by atoms with Gasteiger partial charge in [-0.15, -0.1) is 11.8 Å². The molecule has 8 nitrogen and oxygen atoms in total. The minimum absolute atomic E-state index is 0.455. The first-order chi connectivity index (χ1) is 8.23. The molecule has 1 rings (SSSR count). The highest BCUT2D eigenvalue weighted by Crippen LogP contribution is 2.41. The van der Waals surface area contributed by atoms with Gasteiger partial charge in [0.05, 0.1) is 24.1 Å². The van der Waals surface area contributed by atoms with Crippen molar-refractivity contribution in [1.29, 1.82) is 0 Å². The van der Waals surface area contributed by atoms with Crippen LogP contribution in [0.2, 0.25) is 0 Å². The van der Waals surface area contributed by atoms with Crippen LogP contribution < -0.4 is 5.73 Å². The van der Waals surface area contributed by atoms with E-state index in [1.54, 1.807) is 0 Å². The van der Waals surface area contributed by atoms with Crippen LogP contribution >= 0.6 is 11.8 Å². The summed E-state index contributed by atoms with van der Waals surface area (Å²) in [4.78, 5) is 8.64. The lowest BCUT2D eigenvalue weighted by atomic mass is 9.95. The van der Waals surface area contributed by atoms with Crippen molar-refractivity contribution in [3.8, 4) is 0 Å². The van der Waals surface area contributed by atoms with Crippen molar-refractivity contribution in [3.05, 3.63) is 0 Å². The Morgan fingerprint density at radius 1 is 1.50 bits per heavy atom. The maximum Gasteiger partial charge on any atom is 0.346 e. The highest BCUT2D eigenvalue weighted by Gasteiger charge is 2.51. The molecule has 0 aromatic heterocycles. The zero-order valence-electron chi connectivity index (χ0n) is 9.38. The molecular formula is C9H17NO7S. The summed E-state index contributed by atoms with van der Waals surface area (Å²) in [7, 11) is 0. The van der Waals surface area contributed by atoms with Crippen molar-refractivity contribution in [2.45, 2.75) is 41.0 Å². The molecule has 0 amide bonds. The van der Waals surface area contributed by atoms with E-state index < -0.39 is 53.5 Å². The number of aliphatic hydroxyl groups excluding tert-OH is 4. The summed E-state index contributed by atoms with van der Waals surface area (Å²) in [5, 5.41) is 54.9. The first-order valence-electron chi connectivity index (χ1n) is 5.27. The first kappa shape index (κ1) is 15.6. The fourth-order valence-corrected chi connectivity index (χ4v) is 3.23. The van der Waals surface area contributed by atoms with Crippen molar-refractivity contribution in [2.75, 3.05) is 6.61 Å². The number of aliphatic carboxylic acids is 1. The van der Waals surface area contributed by atoms with Gasteiger partial charge >= 0.3 is 5.97 Å². The van der Waals surface area contributed by atoms with Crippen LogP contribution in [0, 0.1) is 0 Å². The van der Waals surface area contributed by atoms with Gasteiger partial charge in [-0.05, 0) is 0 Å². The van der Waals surface area contributed by atoms with Gasteiger partial charge in [-0.1, -0.05) is 0 Å². The fourth-order valence-electron chi connectivity index (χ4n) is 1.75. The van der Waals surface area contributed by atoms with E-state index in [1.807, 2.05) is 0 Å². The number of carboxylic acid groups (broad SMARTS) is 1. The number of carbonyl (C=O) groups is 1. The fraction of sp³-hybridized carbons (Fsp3) is 0.889. The summed E-state index contributed by atoms with van der Waals surface area (Å²) in [6, 6.07) is -1.02. The number of thioether (sulfide) groups is 1. The third-order valence-corrected chi connectivity index (χ3v) is 4.49. The highest BCUT2D eigenvalue weighted by atomic mass is 32.2. The van der Waals surface area contributed by atoms with E-state index in [1.165, 1.54) is 0 Å². The predicted molar refractivity (Wildman–Crippen MR) is 61.7 cm³/mol. The van der Waals surface area contributed by atoms with Gasteiger partial charge in [-0.2, -0.15) is 0 Å². The van der Waals surface area contributed by atoms with Crippen LogP contribution in [-0.4, -0.2) is 77.8 Å². The molecule has 0 bridgehead atoms. The third kappa shape index (κ3) is 2.94.